The molecule has 1 fully saturated rings. The molecule has 1 aliphatic heterocycles. The molecular formula is C17H19N5OS. The van der Waals surface area contributed by atoms with Crippen LogP contribution in [0.3, 0.4) is 0 Å². The van der Waals surface area contributed by atoms with Crippen molar-refractivity contribution < 1.29 is 4.79 Å². The highest BCUT2D eigenvalue weighted by molar-refractivity contribution is 7.13. The van der Waals surface area contributed by atoms with Crippen molar-refractivity contribution in [3.05, 3.63) is 42.2 Å². The maximum Gasteiger partial charge on any atom is 0.240 e. The predicted molar refractivity (Wildman–Crippen MR) is 95.2 cm³/mol. The van der Waals surface area contributed by atoms with Crippen molar-refractivity contribution in [2.45, 2.75) is 25.4 Å². The highest BCUT2D eigenvalue weighted by atomic mass is 32.1. The molecule has 1 aromatic carbocycles. The van der Waals surface area contributed by atoms with Crippen molar-refractivity contribution in [3.63, 3.8) is 0 Å². The van der Waals surface area contributed by atoms with Crippen LogP contribution in [-0.4, -0.2) is 39.6 Å². The van der Waals surface area contributed by atoms with E-state index in [4.69, 9.17) is 0 Å². The zero-order chi connectivity index (χ0) is 16.4. The SMILES string of the molecule is O=C(Cn1cnc2ccccc21)NCC1CCCN1c1nccs1. The molecule has 124 valence electrons. The van der Waals surface area contributed by atoms with E-state index < -0.39 is 0 Å². The Bertz CT molecular complexity index is 829. The number of para-hydroxylation sites is 2. The van der Waals surface area contributed by atoms with Crippen LogP contribution in [0.2, 0.25) is 0 Å². The molecule has 0 bridgehead atoms. The second-order valence-electron chi connectivity index (χ2n) is 5.97. The number of nitrogens with one attached hydrogen (secondary N) is 1. The second-order valence-corrected chi connectivity index (χ2v) is 6.84. The Balaban J connectivity index is 1.36. The average molecular weight is 341 g/mol. The summed E-state index contributed by atoms with van der Waals surface area (Å²) in [6, 6.07) is 8.18. The van der Waals surface area contributed by atoms with Crippen molar-refractivity contribution in [1.29, 1.82) is 0 Å². The Morgan fingerprint density at radius 2 is 2.25 bits per heavy atom. The fourth-order valence-corrected chi connectivity index (χ4v) is 3.98. The minimum absolute atomic E-state index is 0.0177. The number of rotatable bonds is 5. The molecule has 6 nitrogen and oxygen atoms in total. The molecule has 1 atom stereocenters. The Kier molecular flexibility index (Phi) is 4.17. The predicted octanol–water partition coefficient (Wildman–Crippen LogP) is 2.28. The van der Waals surface area contributed by atoms with Crippen LogP contribution in [0.5, 0.6) is 0 Å². The summed E-state index contributed by atoms with van der Waals surface area (Å²) in [6.45, 7) is 1.97. The van der Waals surface area contributed by atoms with E-state index in [-0.39, 0.29) is 5.91 Å². The number of nitrogens with zero attached hydrogens (tertiary/aromatic N) is 4. The lowest BCUT2D eigenvalue weighted by Crippen LogP contribution is -2.41. The summed E-state index contributed by atoms with van der Waals surface area (Å²) in [4.78, 5) is 23.3. The van der Waals surface area contributed by atoms with Gasteiger partial charge in [0.2, 0.25) is 5.91 Å². The van der Waals surface area contributed by atoms with Gasteiger partial charge in [-0.05, 0) is 25.0 Å². The van der Waals surface area contributed by atoms with Crippen molar-refractivity contribution in [2.24, 2.45) is 0 Å². The molecule has 3 aromatic rings. The van der Waals surface area contributed by atoms with Crippen LogP contribution in [0.4, 0.5) is 5.13 Å². The van der Waals surface area contributed by atoms with Gasteiger partial charge in [-0.3, -0.25) is 4.79 Å². The van der Waals surface area contributed by atoms with Gasteiger partial charge in [-0.15, -0.1) is 11.3 Å². The lowest BCUT2D eigenvalue weighted by Gasteiger charge is -2.24. The average Bonchev–Trinajstić information content (AvgIpc) is 3.33. The standard InChI is InChI=1S/C17H19N5OS/c23-16(11-21-12-20-14-5-1-2-6-15(14)21)19-10-13-4-3-8-22(13)17-18-7-9-24-17/h1-2,5-7,9,12-13H,3-4,8,10-11H2,(H,19,23). The molecule has 4 rings (SSSR count). The van der Waals surface area contributed by atoms with Crippen molar-refractivity contribution in [2.75, 3.05) is 18.0 Å². The number of benzene rings is 1. The molecule has 3 heterocycles. The zero-order valence-electron chi connectivity index (χ0n) is 13.3. The monoisotopic (exact) mass is 341 g/mol. The largest absolute Gasteiger partial charge is 0.352 e. The first-order chi connectivity index (χ1) is 11.8. The molecule has 0 spiro atoms. The fraction of sp³-hybridized carbons (Fsp3) is 0.353. The van der Waals surface area contributed by atoms with Gasteiger partial charge in [0.1, 0.15) is 6.54 Å². The van der Waals surface area contributed by atoms with Gasteiger partial charge in [-0.1, -0.05) is 12.1 Å². The number of fused-ring (bicyclic) bond motifs is 1. The van der Waals surface area contributed by atoms with Crippen molar-refractivity contribution in [1.82, 2.24) is 19.9 Å². The molecule has 0 radical (unpaired) electrons. The number of carbonyl (C=O) groups is 1. The molecular weight excluding hydrogens is 322 g/mol. The first-order valence-corrected chi connectivity index (χ1v) is 9.02. The molecule has 1 N–H and O–H groups in total. The first-order valence-electron chi connectivity index (χ1n) is 8.14. The third kappa shape index (κ3) is 2.99. The van der Waals surface area contributed by atoms with E-state index in [1.54, 1.807) is 17.7 Å². The highest BCUT2D eigenvalue weighted by Gasteiger charge is 2.26. The van der Waals surface area contributed by atoms with E-state index in [1.807, 2.05) is 40.4 Å². The topological polar surface area (TPSA) is 63.1 Å². The van der Waals surface area contributed by atoms with Crippen LogP contribution in [0, 0.1) is 0 Å². The van der Waals surface area contributed by atoms with Gasteiger partial charge >= 0.3 is 0 Å². The maximum absolute atomic E-state index is 12.3. The molecule has 1 aliphatic rings. The summed E-state index contributed by atoms with van der Waals surface area (Å²) in [6.07, 6.45) is 5.79. The van der Waals surface area contributed by atoms with Gasteiger partial charge in [0.05, 0.1) is 17.4 Å². The minimum Gasteiger partial charge on any atom is -0.352 e. The van der Waals surface area contributed by atoms with Crippen LogP contribution in [0.25, 0.3) is 11.0 Å². The number of amides is 1. The Hall–Kier alpha value is -2.41. The third-order valence-electron chi connectivity index (χ3n) is 4.42. The second kappa shape index (κ2) is 6.60. The number of carbonyl (C=O) groups excluding carboxylic acids is 1. The van der Waals surface area contributed by atoms with Crippen LogP contribution in [-0.2, 0) is 11.3 Å². The summed E-state index contributed by atoms with van der Waals surface area (Å²) in [5.74, 6) is 0.0177. The van der Waals surface area contributed by atoms with Gasteiger partial charge in [0.25, 0.3) is 0 Å². The molecule has 1 amide bonds. The molecule has 2 aromatic heterocycles. The third-order valence-corrected chi connectivity index (χ3v) is 5.23. The van der Waals surface area contributed by atoms with E-state index >= 15 is 0 Å². The molecule has 1 unspecified atom stereocenters. The van der Waals surface area contributed by atoms with Crippen LogP contribution in [0.1, 0.15) is 12.8 Å². The van der Waals surface area contributed by atoms with Gasteiger partial charge in [-0.2, -0.15) is 0 Å². The summed E-state index contributed by atoms with van der Waals surface area (Å²) >= 11 is 1.65. The van der Waals surface area contributed by atoms with Crippen molar-refractivity contribution in [3.8, 4) is 0 Å². The summed E-state index contributed by atoms with van der Waals surface area (Å²) in [5.41, 5.74) is 1.90. The smallest absolute Gasteiger partial charge is 0.240 e. The molecule has 0 saturated carbocycles. The minimum atomic E-state index is 0.0177. The summed E-state index contributed by atoms with van der Waals surface area (Å²) in [5, 5.41) is 6.11. The Morgan fingerprint density at radius 3 is 3.12 bits per heavy atom. The van der Waals surface area contributed by atoms with Crippen LogP contribution in [0.15, 0.2) is 42.2 Å². The van der Waals surface area contributed by atoms with E-state index in [0.717, 1.165) is 35.6 Å². The highest BCUT2D eigenvalue weighted by Crippen LogP contribution is 2.26. The number of hydrogen-bond acceptors (Lipinski definition) is 5. The van der Waals surface area contributed by atoms with E-state index in [9.17, 15) is 4.79 Å². The fourth-order valence-electron chi connectivity index (χ4n) is 3.24. The van der Waals surface area contributed by atoms with E-state index in [0.29, 0.717) is 19.1 Å². The molecule has 0 aliphatic carbocycles. The zero-order valence-corrected chi connectivity index (χ0v) is 14.1. The number of aromatic nitrogens is 3. The number of thiazole rings is 1. The molecule has 7 heteroatoms. The van der Waals surface area contributed by atoms with Crippen LogP contribution >= 0.6 is 11.3 Å². The number of imidazole rings is 1. The Morgan fingerprint density at radius 1 is 1.33 bits per heavy atom. The van der Waals surface area contributed by atoms with E-state index in [2.05, 4.69) is 20.2 Å². The Labute approximate surface area is 144 Å². The lowest BCUT2D eigenvalue weighted by atomic mass is 10.2. The van der Waals surface area contributed by atoms with Gasteiger partial charge < -0.3 is 14.8 Å². The normalized spacial score (nSPS) is 17.5. The quantitative estimate of drug-likeness (QED) is 0.773. The molecule has 1 saturated heterocycles. The van der Waals surface area contributed by atoms with Crippen molar-refractivity contribution >= 4 is 33.4 Å². The maximum atomic E-state index is 12.3. The van der Waals surface area contributed by atoms with Gasteiger partial charge in [0.15, 0.2) is 5.13 Å². The van der Waals surface area contributed by atoms with Crippen LogP contribution < -0.4 is 10.2 Å². The lowest BCUT2D eigenvalue weighted by molar-refractivity contribution is -0.121. The number of hydrogen-bond donors (Lipinski definition) is 1. The summed E-state index contributed by atoms with van der Waals surface area (Å²) < 4.78 is 1.89. The first kappa shape index (κ1) is 15.1. The van der Waals surface area contributed by atoms with E-state index in [1.165, 1.54) is 0 Å². The molecule has 24 heavy (non-hydrogen) atoms. The van der Waals surface area contributed by atoms with Gasteiger partial charge in [0, 0.05) is 30.7 Å². The van der Waals surface area contributed by atoms with Gasteiger partial charge in [-0.25, -0.2) is 9.97 Å². The summed E-state index contributed by atoms with van der Waals surface area (Å²) in [7, 11) is 0. The number of anilines is 1.